The van der Waals surface area contributed by atoms with Crippen LogP contribution in [0.5, 0.6) is 0 Å². The molecule has 1 fully saturated rings. The molecule has 2 N–H and O–H groups in total. The van der Waals surface area contributed by atoms with Gasteiger partial charge in [-0.15, -0.1) is 0 Å². The fourth-order valence-electron chi connectivity index (χ4n) is 2.78. The monoisotopic (exact) mass is 282 g/mol. The van der Waals surface area contributed by atoms with Crippen molar-refractivity contribution in [2.75, 3.05) is 12.3 Å². The zero-order valence-corrected chi connectivity index (χ0v) is 12.4. The van der Waals surface area contributed by atoms with Gasteiger partial charge in [0, 0.05) is 18.3 Å². The molecule has 2 atom stereocenters. The first-order chi connectivity index (χ1) is 8.88. The van der Waals surface area contributed by atoms with Crippen molar-refractivity contribution < 1.29 is 8.42 Å². The number of anilines is 1. The molecule has 0 aliphatic carbocycles. The lowest BCUT2D eigenvalue weighted by Crippen LogP contribution is -2.44. The summed E-state index contributed by atoms with van der Waals surface area (Å²) in [6, 6.07) is 7.19. The third-order valence-electron chi connectivity index (χ3n) is 3.73. The molecule has 5 heteroatoms. The van der Waals surface area contributed by atoms with Crippen LogP contribution in [0.4, 0.5) is 5.69 Å². The van der Waals surface area contributed by atoms with Crippen molar-refractivity contribution >= 4 is 15.7 Å². The van der Waals surface area contributed by atoms with Crippen LogP contribution in [-0.4, -0.2) is 25.3 Å². The van der Waals surface area contributed by atoms with E-state index in [1.807, 2.05) is 13.0 Å². The molecule has 0 aromatic heterocycles. The highest BCUT2D eigenvalue weighted by Crippen LogP contribution is 2.26. The average Bonchev–Trinajstić information content (AvgIpc) is 2.27. The van der Waals surface area contributed by atoms with Crippen LogP contribution in [0.1, 0.15) is 32.3 Å². The van der Waals surface area contributed by atoms with E-state index >= 15 is 0 Å². The number of piperidine rings is 1. The number of rotatable bonds is 3. The van der Waals surface area contributed by atoms with Gasteiger partial charge in [-0.25, -0.2) is 8.42 Å². The van der Waals surface area contributed by atoms with E-state index < -0.39 is 10.0 Å². The molecule has 106 valence electrons. The smallest absolute Gasteiger partial charge is 0.218 e. The third kappa shape index (κ3) is 3.48. The zero-order chi connectivity index (χ0) is 14.0. The summed E-state index contributed by atoms with van der Waals surface area (Å²) in [4.78, 5) is 0. The van der Waals surface area contributed by atoms with E-state index in [2.05, 4.69) is 6.92 Å². The summed E-state index contributed by atoms with van der Waals surface area (Å²) in [5.74, 6) is 0.644. The molecule has 0 saturated carbocycles. The number of hydrogen-bond acceptors (Lipinski definition) is 3. The van der Waals surface area contributed by atoms with Gasteiger partial charge in [-0.05, 0) is 43.4 Å². The van der Waals surface area contributed by atoms with Crippen LogP contribution in [0, 0.1) is 5.92 Å². The summed E-state index contributed by atoms with van der Waals surface area (Å²) < 4.78 is 26.6. The summed E-state index contributed by atoms with van der Waals surface area (Å²) >= 11 is 0. The van der Waals surface area contributed by atoms with Gasteiger partial charge in [0.1, 0.15) is 0 Å². The van der Waals surface area contributed by atoms with Gasteiger partial charge in [0.15, 0.2) is 0 Å². The van der Waals surface area contributed by atoms with Crippen LogP contribution in [0.25, 0.3) is 0 Å². The molecule has 1 heterocycles. The van der Waals surface area contributed by atoms with E-state index in [-0.39, 0.29) is 11.8 Å². The molecule has 0 spiro atoms. The standard InChI is InChI=1S/C14H22N2O2S/c1-11-6-7-16(12(2)8-11)19(17,18)10-13-4-3-5-14(15)9-13/h3-5,9,11-12H,6-8,10,15H2,1-2H3. The normalized spacial score (nSPS) is 25.4. The predicted octanol–water partition coefficient (Wildman–Crippen LogP) is 2.22. The molecule has 0 radical (unpaired) electrons. The molecule has 1 saturated heterocycles. The van der Waals surface area contributed by atoms with Gasteiger partial charge in [-0.2, -0.15) is 4.31 Å². The minimum Gasteiger partial charge on any atom is -0.399 e. The molecular weight excluding hydrogens is 260 g/mol. The first-order valence-corrected chi connectivity index (χ1v) is 8.33. The minimum atomic E-state index is -3.25. The fourth-order valence-corrected chi connectivity index (χ4v) is 4.56. The Bertz CT molecular complexity index is 542. The van der Waals surface area contributed by atoms with Crippen molar-refractivity contribution in [3.05, 3.63) is 29.8 Å². The lowest BCUT2D eigenvalue weighted by Gasteiger charge is -2.35. The second-order valence-corrected chi connectivity index (χ2v) is 7.51. The molecule has 1 aromatic carbocycles. The van der Waals surface area contributed by atoms with E-state index in [1.165, 1.54) is 0 Å². The lowest BCUT2D eigenvalue weighted by molar-refractivity contribution is 0.220. The number of nitrogen functional groups attached to an aromatic ring is 1. The molecule has 1 aliphatic heterocycles. The van der Waals surface area contributed by atoms with Crippen LogP contribution >= 0.6 is 0 Å². The lowest BCUT2D eigenvalue weighted by atomic mass is 9.95. The number of hydrogen-bond donors (Lipinski definition) is 1. The summed E-state index contributed by atoms with van der Waals surface area (Å²) in [6.45, 7) is 4.80. The summed E-state index contributed by atoms with van der Waals surface area (Å²) in [5.41, 5.74) is 7.05. The SMILES string of the molecule is CC1CCN(S(=O)(=O)Cc2cccc(N)c2)C(C)C1. The van der Waals surface area contributed by atoms with Crippen LogP contribution in [0.15, 0.2) is 24.3 Å². The zero-order valence-electron chi connectivity index (χ0n) is 11.5. The highest BCUT2D eigenvalue weighted by atomic mass is 32.2. The van der Waals surface area contributed by atoms with Gasteiger partial charge in [-0.3, -0.25) is 0 Å². The van der Waals surface area contributed by atoms with E-state index in [1.54, 1.807) is 22.5 Å². The minimum absolute atomic E-state index is 0.0385. The maximum absolute atomic E-state index is 12.5. The molecule has 1 aromatic rings. The Hall–Kier alpha value is -1.07. The maximum atomic E-state index is 12.5. The van der Waals surface area contributed by atoms with Crippen molar-refractivity contribution in [3.63, 3.8) is 0 Å². The summed E-state index contributed by atoms with van der Waals surface area (Å²) in [5, 5.41) is 0. The van der Waals surface area contributed by atoms with Crippen molar-refractivity contribution in [2.24, 2.45) is 5.92 Å². The van der Waals surface area contributed by atoms with E-state index in [0.717, 1.165) is 18.4 Å². The molecular formula is C14H22N2O2S. The molecule has 4 nitrogen and oxygen atoms in total. The van der Waals surface area contributed by atoms with E-state index in [4.69, 9.17) is 5.73 Å². The Morgan fingerprint density at radius 2 is 2.11 bits per heavy atom. The van der Waals surface area contributed by atoms with Gasteiger partial charge >= 0.3 is 0 Å². The van der Waals surface area contributed by atoms with Gasteiger partial charge in [0.25, 0.3) is 0 Å². The van der Waals surface area contributed by atoms with Crippen LogP contribution in [-0.2, 0) is 15.8 Å². The number of sulfonamides is 1. The first kappa shape index (κ1) is 14.3. The molecule has 0 amide bonds. The van der Waals surface area contributed by atoms with Crippen LogP contribution < -0.4 is 5.73 Å². The van der Waals surface area contributed by atoms with E-state index in [0.29, 0.717) is 18.2 Å². The average molecular weight is 282 g/mol. The maximum Gasteiger partial charge on any atom is 0.218 e. The third-order valence-corrected chi connectivity index (χ3v) is 5.69. The molecule has 19 heavy (non-hydrogen) atoms. The molecule has 2 rings (SSSR count). The number of nitrogens with zero attached hydrogens (tertiary/aromatic N) is 1. The summed E-state index contributed by atoms with van der Waals surface area (Å²) in [7, 11) is -3.25. The first-order valence-electron chi connectivity index (χ1n) is 6.72. The van der Waals surface area contributed by atoms with Crippen molar-refractivity contribution in [2.45, 2.75) is 38.5 Å². The Labute approximate surface area is 115 Å². The summed E-state index contributed by atoms with van der Waals surface area (Å²) in [6.07, 6.45) is 1.89. The largest absolute Gasteiger partial charge is 0.399 e. The number of nitrogens with two attached hydrogens (primary N) is 1. The Balaban J connectivity index is 2.14. The Morgan fingerprint density at radius 3 is 2.74 bits per heavy atom. The molecule has 1 aliphatic rings. The Kier molecular flexibility index (Phi) is 4.16. The quantitative estimate of drug-likeness (QED) is 0.865. The van der Waals surface area contributed by atoms with Gasteiger partial charge < -0.3 is 5.73 Å². The fraction of sp³-hybridized carbons (Fsp3) is 0.571. The molecule has 2 unspecified atom stereocenters. The van der Waals surface area contributed by atoms with Crippen molar-refractivity contribution in [1.29, 1.82) is 0 Å². The highest BCUT2D eigenvalue weighted by Gasteiger charge is 2.31. The predicted molar refractivity (Wildman–Crippen MR) is 78.0 cm³/mol. The van der Waals surface area contributed by atoms with Crippen LogP contribution in [0.2, 0.25) is 0 Å². The second kappa shape index (κ2) is 5.51. The van der Waals surface area contributed by atoms with Gasteiger partial charge in [0.2, 0.25) is 10.0 Å². The number of benzene rings is 1. The molecule has 0 bridgehead atoms. The second-order valence-electron chi connectivity index (χ2n) is 5.59. The van der Waals surface area contributed by atoms with Crippen LogP contribution in [0.3, 0.4) is 0 Å². The topological polar surface area (TPSA) is 63.4 Å². The van der Waals surface area contributed by atoms with Gasteiger partial charge in [0.05, 0.1) is 5.75 Å². The van der Waals surface area contributed by atoms with Crippen molar-refractivity contribution in [3.8, 4) is 0 Å². The Morgan fingerprint density at radius 1 is 1.37 bits per heavy atom. The van der Waals surface area contributed by atoms with E-state index in [9.17, 15) is 8.42 Å². The van der Waals surface area contributed by atoms with Crippen molar-refractivity contribution in [1.82, 2.24) is 4.31 Å². The highest BCUT2D eigenvalue weighted by molar-refractivity contribution is 7.88. The van der Waals surface area contributed by atoms with Gasteiger partial charge in [-0.1, -0.05) is 19.1 Å².